The van der Waals surface area contributed by atoms with E-state index < -0.39 is 11.7 Å². The van der Waals surface area contributed by atoms with Crippen molar-refractivity contribution in [1.82, 2.24) is 25.5 Å². The molecule has 41 heavy (non-hydrogen) atoms. The maximum Gasteiger partial charge on any atom is 0.417 e. The number of nitrogens with one attached hydrogen (secondary N) is 2. The second kappa shape index (κ2) is 12.0. The zero-order valence-electron chi connectivity index (χ0n) is 22.7. The Hall–Kier alpha value is -4.47. The summed E-state index contributed by atoms with van der Waals surface area (Å²) in [6.07, 6.45) is 3.30. The highest BCUT2D eigenvalue weighted by Crippen LogP contribution is 2.31. The van der Waals surface area contributed by atoms with E-state index in [9.17, 15) is 18.0 Å². The number of aromatic nitrogens is 4. The van der Waals surface area contributed by atoms with Crippen LogP contribution in [0.15, 0.2) is 72.6 Å². The number of ether oxygens (including phenoxy) is 1. The number of carbonyl (C=O) groups excluding carboxylic acids is 1. The predicted molar refractivity (Wildman–Crippen MR) is 149 cm³/mol. The van der Waals surface area contributed by atoms with Gasteiger partial charge in [0.15, 0.2) is 0 Å². The van der Waals surface area contributed by atoms with Crippen LogP contribution in [-0.4, -0.2) is 32.1 Å². The first kappa shape index (κ1) is 28.1. The van der Waals surface area contributed by atoms with Crippen molar-refractivity contribution in [3.05, 3.63) is 94.9 Å². The van der Waals surface area contributed by atoms with Crippen molar-refractivity contribution < 1.29 is 22.7 Å². The van der Waals surface area contributed by atoms with Gasteiger partial charge in [-0.05, 0) is 73.6 Å². The molecule has 1 fully saturated rings. The maximum absolute atomic E-state index is 12.8. The molecule has 1 aliphatic carbocycles. The molecule has 10 heteroatoms. The molecule has 0 spiro atoms. The van der Waals surface area contributed by atoms with Crippen molar-refractivity contribution >= 4 is 12.0 Å². The number of rotatable bonds is 7. The third kappa shape index (κ3) is 7.19. The summed E-state index contributed by atoms with van der Waals surface area (Å²) in [4.78, 5) is 21.0. The van der Waals surface area contributed by atoms with Gasteiger partial charge in [-0.2, -0.15) is 18.3 Å². The second-order valence-corrected chi connectivity index (χ2v) is 10.4. The number of alkyl halides is 3. The normalized spacial score (nSPS) is 15.6. The number of carbonyl (C=O) groups is 1. The van der Waals surface area contributed by atoms with Crippen molar-refractivity contribution in [2.45, 2.75) is 57.7 Å². The number of H-pyrrole nitrogens is 1. The lowest BCUT2D eigenvalue weighted by molar-refractivity contribution is -0.137. The van der Waals surface area contributed by atoms with Gasteiger partial charge in [0.25, 0.3) is 5.91 Å². The molecule has 1 saturated carbocycles. The third-order valence-corrected chi connectivity index (χ3v) is 6.99. The van der Waals surface area contributed by atoms with Crippen LogP contribution >= 0.6 is 0 Å². The van der Waals surface area contributed by atoms with Crippen LogP contribution in [0, 0.1) is 0 Å². The average molecular weight is 562 g/mol. The molecule has 0 bridgehead atoms. The molecule has 2 N–H and O–H groups in total. The minimum Gasteiger partial charge on any atom is -0.439 e. The van der Waals surface area contributed by atoms with Gasteiger partial charge in [0.05, 0.1) is 16.8 Å². The van der Waals surface area contributed by atoms with Gasteiger partial charge in [0.2, 0.25) is 5.88 Å². The average Bonchev–Trinajstić information content (AvgIpc) is 3.45. The van der Waals surface area contributed by atoms with Crippen molar-refractivity contribution in [3.8, 4) is 23.0 Å². The fraction of sp³-hybridized carbons (Fsp3) is 0.290. The molecule has 7 nitrogen and oxygen atoms in total. The molecule has 5 rings (SSSR count). The number of benzene rings is 1. The van der Waals surface area contributed by atoms with Crippen molar-refractivity contribution in [2.24, 2.45) is 0 Å². The smallest absolute Gasteiger partial charge is 0.417 e. The molecule has 4 aromatic rings. The van der Waals surface area contributed by atoms with Crippen LogP contribution in [0.5, 0.6) is 11.6 Å². The Morgan fingerprint density at radius 2 is 1.83 bits per heavy atom. The highest BCUT2D eigenvalue weighted by Gasteiger charge is 2.30. The summed E-state index contributed by atoms with van der Waals surface area (Å²) in [6.45, 7) is 4.17. The molecule has 1 aromatic carbocycles. The van der Waals surface area contributed by atoms with Crippen LogP contribution in [0.2, 0.25) is 0 Å². The number of nitrogens with zero attached hydrogens (tertiary/aromatic N) is 3. The lowest BCUT2D eigenvalue weighted by Crippen LogP contribution is -2.36. The molecule has 0 aliphatic heterocycles. The molecule has 0 radical (unpaired) electrons. The summed E-state index contributed by atoms with van der Waals surface area (Å²) in [5, 5.41) is 10.4. The first-order valence-electron chi connectivity index (χ1n) is 13.5. The molecule has 0 saturated heterocycles. The topological polar surface area (TPSA) is 92.8 Å². The zero-order chi connectivity index (χ0) is 29.0. The summed E-state index contributed by atoms with van der Waals surface area (Å²) in [5.74, 6) is 0.767. The van der Waals surface area contributed by atoms with E-state index in [1.165, 1.54) is 11.6 Å². The van der Waals surface area contributed by atoms with Gasteiger partial charge >= 0.3 is 6.18 Å². The van der Waals surface area contributed by atoms with Gasteiger partial charge in [-0.15, -0.1) is 0 Å². The fourth-order valence-corrected chi connectivity index (χ4v) is 4.62. The van der Waals surface area contributed by atoms with Crippen LogP contribution in [0.3, 0.4) is 0 Å². The van der Waals surface area contributed by atoms with E-state index in [-0.39, 0.29) is 17.8 Å². The number of hydrogen-bond donors (Lipinski definition) is 2. The Bertz CT molecular complexity index is 1520. The first-order valence-corrected chi connectivity index (χ1v) is 13.5. The Labute approximate surface area is 235 Å². The van der Waals surface area contributed by atoms with Crippen molar-refractivity contribution in [3.63, 3.8) is 0 Å². The van der Waals surface area contributed by atoms with Gasteiger partial charge in [0.1, 0.15) is 11.4 Å². The maximum atomic E-state index is 12.8. The lowest BCUT2D eigenvalue weighted by Gasteiger charge is -2.25. The Morgan fingerprint density at radius 1 is 1.02 bits per heavy atom. The van der Waals surface area contributed by atoms with Crippen LogP contribution in [0.4, 0.5) is 13.2 Å². The third-order valence-electron chi connectivity index (χ3n) is 6.99. The molecule has 212 valence electrons. The number of halogens is 3. The quantitative estimate of drug-likeness (QED) is 0.243. The molecular weight excluding hydrogens is 531 g/mol. The highest BCUT2D eigenvalue weighted by atomic mass is 19.4. The predicted octanol–water partition coefficient (Wildman–Crippen LogP) is 7.56. The SMILES string of the molecule is CC(C)c1cc(-c2ccc(C(=O)NC3CCC(=Cc4cccc(Oc5ccc(C(F)(F)F)cn5)c4)CC3)cn2)n[nH]1. The van der Waals surface area contributed by atoms with E-state index in [1.54, 1.807) is 18.3 Å². The van der Waals surface area contributed by atoms with E-state index in [0.29, 0.717) is 22.9 Å². The molecule has 1 amide bonds. The zero-order valence-corrected chi connectivity index (χ0v) is 22.7. The molecular formula is C31H30F3N5O2. The number of allylic oxidation sites excluding steroid dienone is 1. The minimum atomic E-state index is -4.44. The summed E-state index contributed by atoms with van der Waals surface area (Å²) >= 11 is 0. The standard InChI is InChI=1S/C31H30F3N5O2/c1-19(2)27-16-28(39-38-27)26-12-8-22(17-35-26)30(40)37-24-10-6-20(7-11-24)14-21-4-3-5-25(15-21)41-29-13-9-23(18-36-29)31(32,33)34/h3-5,8-9,12-19,24H,6-7,10-11H2,1-2H3,(H,37,40)(H,38,39). The van der Waals surface area contributed by atoms with Crippen LogP contribution < -0.4 is 10.1 Å². The summed E-state index contributed by atoms with van der Waals surface area (Å²) in [7, 11) is 0. The van der Waals surface area contributed by atoms with Crippen molar-refractivity contribution in [2.75, 3.05) is 0 Å². The monoisotopic (exact) mass is 561 g/mol. The van der Waals surface area contributed by atoms with E-state index in [4.69, 9.17) is 4.74 Å². The highest BCUT2D eigenvalue weighted by molar-refractivity contribution is 5.94. The molecule has 3 aromatic heterocycles. The Balaban J connectivity index is 1.13. The van der Waals surface area contributed by atoms with E-state index in [0.717, 1.165) is 54.9 Å². The van der Waals surface area contributed by atoms with Gasteiger partial charge in [0, 0.05) is 30.2 Å². The van der Waals surface area contributed by atoms with Gasteiger partial charge in [-0.25, -0.2) is 4.98 Å². The molecule has 3 heterocycles. The number of amides is 1. The van der Waals surface area contributed by atoms with Crippen LogP contribution in [0.1, 0.15) is 72.6 Å². The molecule has 1 aliphatic rings. The summed E-state index contributed by atoms with van der Waals surface area (Å²) in [6, 6.07) is 15.1. The van der Waals surface area contributed by atoms with Crippen LogP contribution in [0.25, 0.3) is 17.5 Å². The minimum absolute atomic E-state index is 0.0691. The Morgan fingerprint density at radius 3 is 2.46 bits per heavy atom. The number of pyridine rings is 2. The molecule has 0 atom stereocenters. The van der Waals surface area contributed by atoms with Gasteiger partial charge in [-0.1, -0.05) is 37.6 Å². The number of aromatic amines is 1. The second-order valence-electron chi connectivity index (χ2n) is 10.4. The first-order chi connectivity index (χ1) is 19.6. The number of hydrogen-bond acceptors (Lipinski definition) is 5. The lowest BCUT2D eigenvalue weighted by atomic mass is 9.89. The van der Waals surface area contributed by atoms with Gasteiger partial charge in [-0.3, -0.25) is 14.9 Å². The fourth-order valence-electron chi connectivity index (χ4n) is 4.62. The van der Waals surface area contributed by atoms with E-state index in [2.05, 4.69) is 45.4 Å². The van der Waals surface area contributed by atoms with Gasteiger partial charge < -0.3 is 10.1 Å². The summed E-state index contributed by atoms with van der Waals surface area (Å²) < 4.78 is 43.9. The molecule has 0 unspecified atom stereocenters. The van der Waals surface area contributed by atoms with Crippen molar-refractivity contribution in [1.29, 1.82) is 0 Å². The van der Waals surface area contributed by atoms with Crippen LogP contribution in [-0.2, 0) is 6.18 Å². The summed E-state index contributed by atoms with van der Waals surface area (Å²) in [5.41, 5.74) is 4.36. The Kier molecular flexibility index (Phi) is 8.19. The van der Waals surface area contributed by atoms with E-state index in [1.807, 2.05) is 30.3 Å². The largest absolute Gasteiger partial charge is 0.439 e. The van der Waals surface area contributed by atoms with E-state index >= 15 is 0 Å².